The smallest absolute Gasteiger partial charge is 0.362 e. The first-order chi connectivity index (χ1) is 11.6. The van der Waals surface area contributed by atoms with Crippen LogP contribution in [-0.2, 0) is 23.1 Å². The van der Waals surface area contributed by atoms with E-state index >= 15 is 0 Å². The zero-order chi connectivity index (χ0) is 17.8. The van der Waals surface area contributed by atoms with Crippen LogP contribution in [0.1, 0.15) is 0 Å². The van der Waals surface area contributed by atoms with Crippen molar-refractivity contribution >= 4 is 36.1 Å². The molecular formula is C16H21Cl2O5P. The minimum atomic E-state index is -3.69. The van der Waals surface area contributed by atoms with E-state index in [1.165, 1.54) is 12.5 Å². The van der Waals surface area contributed by atoms with Crippen LogP contribution in [0.25, 0.3) is 0 Å². The molecule has 0 fully saturated rings. The van der Waals surface area contributed by atoms with Gasteiger partial charge in [-0.2, -0.15) is 0 Å². The van der Waals surface area contributed by atoms with Gasteiger partial charge in [0.05, 0.1) is 29.6 Å². The van der Waals surface area contributed by atoms with E-state index in [0.29, 0.717) is 5.30 Å². The molecule has 0 amide bonds. The molecule has 0 radical (unpaired) electrons. The first-order valence-corrected chi connectivity index (χ1v) is 9.80. The lowest BCUT2D eigenvalue weighted by molar-refractivity contribution is 0.0678. The Morgan fingerprint density at radius 2 is 1.42 bits per heavy atom. The molecule has 1 aromatic carbocycles. The van der Waals surface area contributed by atoms with E-state index in [4.69, 9.17) is 41.7 Å². The summed E-state index contributed by atoms with van der Waals surface area (Å²) in [6.07, 6.45) is 1.23. The van der Waals surface area contributed by atoms with Crippen LogP contribution in [0.3, 0.4) is 0 Å². The van der Waals surface area contributed by atoms with E-state index in [1.54, 1.807) is 30.3 Å². The average molecular weight is 395 g/mol. The fourth-order valence-corrected chi connectivity index (χ4v) is 4.07. The van der Waals surface area contributed by atoms with Crippen molar-refractivity contribution in [3.8, 4) is 0 Å². The molecule has 1 aromatic rings. The second-order valence-corrected chi connectivity index (χ2v) is 7.15. The monoisotopic (exact) mass is 394 g/mol. The highest BCUT2D eigenvalue weighted by molar-refractivity contribution is 7.62. The Labute approximate surface area is 152 Å². The summed E-state index contributed by atoms with van der Waals surface area (Å²) < 4.78 is 34.9. The van der Waals surface area contributed by atoms with Gasteiger partial charge in [-0.15, -0.1) is 23.2 Å². The summed E-state index contributed by atoms with van der Waals surface area (Å²) in [6, 6.07) is 8.58. The van der Waals surface area contributed by atoms with Gasteiger partial charge in [-0.3, -0.25) is 13.6 Å². The van der Waals surface area contributed by atoms with Gasteiger partial charge in [0.2, 0.25) is 0 Å². The topological polar surface area (TPSA) is 54.0 Å². The molecule has 0 saturated heterocycles. The van der Waals surface area contributed by atoms with Crippen LogP contribution in [0, 0.1) is 0 Å². The summed E-state index contributed by atoms with van der Waals surface area (Å²) in [5.41, 5.74) is 0. The van der Waals surface area contributed by atoms with Crippen LogP contribution in [0.2, 0.25) is 0 Å². The molecule has 134 valence electrons. The molecule has 0 heterocycles. The molecule has 0 aliphatic heterocycles. The number of hydrogen-bond acceptors (Lipinski definition) is 5. The molecule has 0 saturated carbocycles. The van der Waals surface area contributed by atoms with Gasteiger partial charge in [0, 0.05) is 0 Å². The lowest BCUT2D eigenvalue weighted by atomic mass is 10.4. The SMILES string of the molecule is C=COCC(CCl)OP(=O)(OC(CCl)COC=C)c1ccccc1. The Morgan fingerprint density at radius 1 is 0.958 bits per heavy atom. The van der Waals surface area contributed by atoms with Crippen molar-refractivity contribution in [3.63, 3.8) is 0 Å². The summed E-state index contributed by atoms with van der Waals surface area (Å²) in [4.78, 5) is 0. The summed E-state index contributed by atoms with van der Waals surface area (Å²) in [5.74, 6) is 0.144. The van der Waals surface area contributed by atoms with Crippen molar-refractivity contribution in [1.82, 2.24) is 0 Å². The van der Waals surface area contributed by atoms with E-state index in [9.17, 15) is 4.57 Å². The van der Waals surface area contributed by atoms with Crippen molar-refractivity contribution in [3.05, 3.63) is 56.0 Å². The van der Waals surface area contributed by atoms with Gasteiger partial charge >= 0.3 is 7.60 Å². The lowest BCUT2D eigenvalue weighted by Crippen LogP contribution is -2.28. The van der Waals surface area contributed by atoms with Gasteiger partial charge in [0.15, 0.2) is 0 Å². The third-order valence-corrected chi connectivity index (χ3v) is 5.56. The second kappa shape index (κ2) is 11.6. The van der Waals surface area contributed by atoms with Crippen molar-refractivity contribution in [2.45, 2.75) is 12.2 Å². The summed E-state index contributed by atoms with van der Waals surface area (Å²) in [5, 5.41) is 0.396. The normalized spacial score (nSPS) is 15.8. The molecule has 8 heteroatoms. The Bertz CT molecular complexity index is 515. The third kappa shape index (κ3) is 6.88. The van der Waals surface area contributed by atoms with Crippen LogP contribution in [-0.4, -0.2) is 37.2 Å². The average Bonchev–Trinajstić information content (AvgIpc) is 2.62. The standard InChI is InChI=1S/C16H21Cl2O5P/c1-3-20-12-14(10-17)22-24(19,16-8-6-5-7-9-16)23-15(11-18)13-21-4-2/h3-9,14-15H,1-2,10-13H2. The second-order valence-electron chi connectivity index (χ2n) is 4.60. The lowest BCUT2D eigenvalue weighted by Gasteiger charge is -2.26. The van der Waals surface area contributed by atoms with Gasteiger partial charge in [-0.25, -0.2) is 0 Å². The molecule has 2 atom stereocenters. The van der Waals surface area contributed by atoms with Crippen molar-refractivity contribution in [2.75, 3.05) is 25.0 Å². The Morgan fingerprint density at radius 3 is 1.79 bits per heavy atom. The molecule has 1 rings (SSSR count). The van der Waals surface area contributed by atoms with E-state index < -0.39 is 19.8 Å². The zero-order valence-corrected chi connectivity index (χ0v) is 15.6. The van der Waals surface area contributed by atoms with Gasteiger partial charge in [-0.05, 0) is 12.1 Å². The molecule has 2 unspecified atom stereocenters. The van der Waals surface area contributed by atoms with Crippen LogP contribution >= 0.6 is 30.8 Å². The quantitative estimate of drug-likeness (QED) is 0.286. The van der Waals surface area contributed by atoms with Gasteiger partial charge in [0.25, 0.3) is 0 Å². The molecule has 0 aliphatic carbocycles. The maximum atomic E-state index is 13.4. The number of hydrogen-bond donors (Lipinski definition) is 0. The number of alkyl halides is 2. The largest absolute Gasteiger partial charge is 0.499 e. The minimum absolute atomic E-state index is 0.0721. The molecule has 0 aromatic heterocycles. The summed E-state index contributed by atoms with van der Waals surface area (Å²) in [6.45, 7) is 7.10. The fourth-order valence-electron chi connectivity index (χ4n) is 1.71. The predicted octanol–water partition coefficient (Wildman–Crippen LogP) is 4.07. The first kappa shape index (κ1) is 21.1. The number of halogens is 2. The van der Waals surface area contributed by atoms with E-state index in [0.717, 1.165) is 0 Å². The van der Waals surface area contributed by atoms with E-state index in [1.807, 2.05) is 0 Å². The van der Waals surface area contributed by atoms with Crippen LogP contribution in [0.15, 0.2) is 56.0 Å². The molecule has 0 N–H and O–H groups in total. The van der Waals surface area contributed by atoms with Gasteiger partial charge in [0.1, 0.15) is 25.4 Å². The van der Waals surface area contributed by atoms with Crippen molar-refractivity contribution in [2.24, 2.45) is 0 Å². The fraction of sp³-hybridized carbons (Fsp3) is 0.375. The number of ether oxygens (including phenoxy) is 2. The molecule has 5 nitrogen and oxygen atoms in total. The first-order valence-electron chi connectivity index (χ1n) is 7.19. The maximum Gasteiger partial charge on any atom is 0.362 e. The zero-order valence-electron chi connectivity index (χ0n) is 13.2. The highest BCUT2D eigenvalue weighted by atomic mass is 35.5. The Balaban J connectivity index is 3.00. The maximum absolute atomic E-state index is 13.4. The number of rotatable bonds is 13. The highest BCUT2D eigenvalue weighted by Gasteiger charge is 2.34. The van der Waals surface area contributed by atoms with Crippen LogP contribution in [0.4, 0.5) is 0 Å². The van der Waals surface area contributed by atoms with E-state index in [2.05, 4.69) is 13.2 Å². The summed E-state index contributed by atoms with van der Waals surface area (Å²) >= 11 is 11.7. The summed E-state index contributed by atoms with van der Waals surface area (Å²) in [7, 11) is -3.69. The predicted molar refractivity (Wildman–Crippen MR) is 97.2 cm³/mol. The molecule has 0 aliphatic rings. The third-order valence-electron chi connectivity index (χ3n) is 2.79. The molecule has 0 bridgehead atoms. The minimum Gasteiger partial charge on any atom is -0.499 e. The van der Waals surface area contributed by atoms with E-state index in [-0.39, 0.29) is 25.0 Å². The molecule has 24 heavy (non-hydrogen) atoms. The molecule has 0 spiro atoms. The Kier molecular flexibility index (Phi) is 10.2. The molecular weight excluding hydrogens is 374 g/mol. The van der Waals surface area contributed by atoms with Gasteiger partial charge in [-0.1, -0.05) is 31.4 Å². The van der Waals surface area contributed by atoms with Crippen molar-refractivity contribution < 1.29 is 23.1 Å². The van der Waals surface area contributed by atoms with Crippen LogP contribution < -0.4 is 5.30 Å². The number of benzene rings is 1. The van der Waals surface area contributed by atoms with Gasteiger partial charge < -0.3 is 9.47 Å². The van der Waals surface area contributed by atoms with Crippen molar-refractivity contribution in [1.29, 1.82) is 0 Å². The van der Waals surface area contributed by atoms with Crippen LogP contribution in [0.5, 0.6) is 0 Å². The Hall–Kier alpha value is -0.970. The highest BCUT2D eigenvalue weighted by Crippen LogP contribution is 2.49.